The molecule has 2 unspecified atom stereocenters. The molecule has 0 aromatic heterocycles. The molecule has 3 aliphatic carbocycles. The molecule has 0 bridgehead atoms. The van der Waals surface area contributed by atoms with Gasteiger partial charge in [-0.25, -0.2) is 21.6 Å². The van der Waals surface area contributed by atoms with Crippen molar-refractivity contribution >= 4 is 55.5 Å². The Morgan fingerprint density at radius 1 is 1.07 bits per heavy atom. The maximum atomic E-state index is 14.9. The molecule has 318 valence electrons. The zero-order valence-corrected chi connectivity index (χ0v) is 35.6. The SMILES string of the molecule is CC[C@@H]1CC1(NC(=O)[C@@H]1C[C@@H](OC(=O)N2Cc3cccc(Cl)c3C2)CN1C(=O)[C@@H](NC1=CC(S(=O)(=O)N2CCOCC2)CC=C1)C(C)(C)C)C(=O)NS(=O)(=O)C1CC1. The Bertz CT molecular complexity index is 2110. The Kier molecular flexibility index (Phi) is 11.7. The normalized spacial score (nSPS) is 28.0. The molecule has 3 heterocycles. The maximum absolute atomic E-state index is 14.9. The van der Waals surface area contributed by atoms with Crippen molar-refractivity contribution in [2.75, 3.05) is 32.8 Å². The number of amides is 4. The van der Waals surface area contributed by atoms with Crippen LogP contribution in [-0.2, 0) is 57.0 Å². The van der Waals surface area contributed by atoms with Gasteiger partial charge < -0.3 is 25.0 Å². The van der Waals surface area contributed by atoms with Crippen molar-refractivity contribution in [3.8, 4) is 0 Å². The largest absolute Gasteiger partial charge is 0.444 e. The van der Waals surface area contributed by atoms with E-state index in [4.69, 9.17) is 21.1 Å². The summed E-state index contributed by atoms with van der Waals surface area (Å²) in [7, 11) is -7.63. The van der Waals surface area contributed by atoms with Crippen molar-refractivity contribution in [3.63, 3.8) is 0 Å². The van der Waals surface area contributed by atoms with E-state index >= 15 is 0 Å². The van der Waals surface area contributed by atoms with Gasteiger partial charge in [-0.2, -0.15) is 4.31 Å². The van der Waals surface area contributed by atoms with Crippen molar-refractivity contribution < 1.29 is 45.5 Å². The van der Waals surface area contributed by atoms with Crippen molar-refractivity contribution in [1.29, 1.82) is 0 Å². The van der Waals surface area contributed by atoms with Gasteiger partial charge in [0, 0.05) is 36.8 Å². The highest BCUT2D eigenvalue weighted by molar-refractivity contribution is 7.91. The van der Waals surface area contributed by atoms with Crippen molar-refractivity contribution in [3.05, 3.63) is 58.3 Å². The van der Waals surface area contributed by atoms with E-state index in [-0.39, 0.29) is 57.9 Å². The fourth-order valence-electron chi connectivity index (χ4n) is 8.33. The highest BCUT2D eigenvalue weighted by Gasteiger charge is 2.62. The summed E-state index contributed by atoms with van der Waals surface area (Å²) in [6, 6.07) is 3.25. The highest BCUT2D eigenvalue weighted by atomic mass is 35.5. The highest BCUT2D eigenvalue weighted by Crippen LogP contribution is 2.47. The van der Waals surface area contributed by atoms with Crippen LogP contribution in [0.2, 0.25) is 5.02 Å². The molecule has 19 heteroatoms. The first-order chi connectivity index (χ1) is 27.3. The molecule has 6 atom stereocenters. The number of allylic oxidation sites excluding steroid dienone is 2. The summed E-state index contributed by atoms with van der Waals surface area (Å²) >= 11 is 6.39. The molecule has 3 aliphatic heterocycles. The van der Waals surface area contributed by atoms with E-state index in [1.54, 1.807) is 30.4 Å². The van der Waals surface area contributed by atoms with Gasteiger partial charge in [-0.15, -0.1) is 0 Å². The molecule has 7 rings (SSSR count). The zero-order chi connectivity index (χ0) is 41.8. The van der Waals surface area contributed by atoms with Crippen LogP contribution in [0.1, 0.15) is 77.3 Å². The fourth-order valence-corrected chi connectivity index (χ4v) is 11.7. The number of nitrogens with zero attached hydrogens (tertiary/aromatic N) is 3. The smallest absolute Gasteiger partial charge is 0.410 e. The quantitative estimate of drug-likeness (QED) is 0.279. The number of ether oxygens (including phenoxy) is 2. The van der Waals surface area contributed by atoms with E-state index in [1.165, 1.54) is 14.1 Å². The number of fused-ring (bicyclic) bond motifs is 1. The van der Waals surface area contributed by atoms with Crippen LogP contribution >= 0.6 is 11.6 Å². The molecule has 4 fully saturated rings. The number of rotatable bonds is 12. The summed E-state index contributed by atoms with van der Waals surface area (Å²) in [5.74, 6) is -2.32. The number of morpholine rings is 1. The van der Waals surface area contributed by atoms with Crippen LogP contribution in [-0.4, -0.2) is 122 Å². The van der Waals surface area contributed by atoms with Crippen LogP contribution in [0, 0.1) is 11.3 Å². The number of carbonyl (C=O) groups is 4. The molecule has 6 aliphatic rings. The van der Waals surface area contributed by atoms with E-state index < -0.39 is 83.5 Å². The molecule has 58 heavy (non-hydrogen) atoms. The molecule has 4 amide bonds. The van der Waals surface area contributed by atoms with E-state index in [0.29, 0.717) is 43.2 Å². The van der Waals surface area contributed by atoms with Crippen molar-refractivity contribution in [2.24, 2.45) is 11.3 Å². The van der Waals surface area contributed by atoms with Crippen LogP contribution in [0.25, 0.3) is 0 Å². The minimum Gasteiger partial charge on any atom is -0.444 e. The summed E-state index contributed by atoms with van der Waals surface area (Å²) < 4.78 is 67.7. The van der Waals surface area contributed by atoms with Crippen LogP contribution in [0.15, 0.2) is 42.1 Å². The maximum Gasteiger partial charge on any atom is 0.410 e. The Morgan fingerprint density at radius 3 is 2.43 bits per heavy atom. The van der Waals surface area contributed by atoms with E-state index in [0.717, 1.165) is 11.1 Å². The minimum atomic E-state index is -3.91. The summed E-state index contributed by atoms with van der Waals surface area (Å²) in [6.45, 7) is 8.84. The third kappa shape index (κ3) is 8.62. The topological polar surface area (TPSA) is 201 Å². The first kappa shape index (κ1) is 42.4. The molecule has 2 saturated carbocycles. The van der Waals surface area contributed by atoms with Gasteiger partial charge >= 0.3 is 6.09 Å². The average Bonchev–Trinajstić information content (AvgIpc) is 4.07. The Balaban J connectivity index is 1.13. The lowest BCUT2D eigenvalue weighted by molar-refractivity contribution is -0.142. The van der Waals surface area contributed by atoms with Gasteiger partial charge in [-0.3, -0.25) is 24.0 Å². The number of nitrogens with one attached hydrogen (secondary N) is 3. The van der Waals surface area contributed by atoms with E-state index in [9.17, 15) is 36.0 Å². The number of sulfonamides is 2. The number of likely N-dealkylation sites (tertiary alicyclic amines) is 1. The lowest BCUT2D eigenvalue weighted by Gasteiger charge is -2.37. The molecule has 2 saturated heterocycles. The Hall–Kier alpha value is -3.71. The Morgan fingerprint density at radius 2 is 1.79 bits per heavy atom. The van der Waals surface area contributed by atoms with Gasteiger partial charge in [-0.05, 0) is 66.4 Å². The monoisotopic (exact) mass is 864 g/mol. The lowest BCUT2D eigenvalue weighted by atomic mass is 9.85. The third-order valence-electron chi connectivity index (χ3n) is 12.0. The van der Waals surface area contributed by atoms with Crippen LogP contribution < -0.4 is 15.4 Å². The summed E-state index contributed by atoms with van der Waals surface area (Å²) in [5.41, 5.74) is -0.141. The summed E-state index contributed by atoms with van der Waals surface area (Å²) in [6.07, 6.45) is 5.31. The molecule has 0 spiro atoms. The molecule has 16 nitrogen and oxygen atoms in total. The van der Waals surface area contributed by atoms with Crippen LogP contribution in [0.4, 0.5) is 4.79 Å². The molecular weight excluding hydrogens is 812 g/mol. The summed E-state index contributed by atoms with van der Waals surface area (Å²) in [5, 5.41) is 5.13. The number of halogens is 1. The van der Waals surface area contributed by atoms with Gasteiger partial charge in [0.05, 0.1) is 36.8 Å². The van der Waals surface area contributed by atoms with Gasteiger partial charge in [0.25, 0.3) is 5.91 Å². The number of benzene rings is 1. The van der Waals surface area contributed by atoms with Gasteiger partial charge in [0.1, 0.15) is 23.7 Å². The first-order valence-electron chi connectivity index (χ1n) is 20.0. The van der Waals surface area contributed by atoms with E-state index in [1.807, 2.05) is 33.8 Å². The second kappa shape index (κ2) is 16.0. The van der Waals surface area contributed by atoms with Gasteiger partial charge in [-0.1, -0.05) is 63.9 Å². The van der Waals surface area contributed by atoms with Gasteiger partial charge in [0.15, 0.2) is 0 Å². The van der Waals surface area contributed by atoms with Crippen LogP contribution in [0.3, 0.4) is 0 Å². The number of carbonyl (C=O) groups excluding carboxylic acids is 4. The van der Waals surface area contributed by atoms with Crippen molar-refractivity contribution in [1.82, 2.24) is 29.5 Å². The molecule has 0 radical (unpaired) electrons. The number of hydrogen-bond donors (Lipinski definition) is 3. The van der Waals surface area contributed by atoms with Gasteiger partial charge in [0.2, 0.25) is 31.9 Å². The second-order valence-corrected chi connectivity index (χ2v) is 21.7. The number of hydrogen-bond acceptors (Lipinski definition) is 11. The average molecular weight is 865 g/mol. The molecule has 1 aromatic rings. The predicted molar refractivity (Wildman–Crippen MR) is 214 cm³/mol. The fraction of sp³-hybridized carbons (Fsp3) is 0.641. The standard InChI is InChI=1S/C39H53ClN6O10S2/c1-5-25-20-39(25,36(49)43-57(51,52)28-12-13-28)42-34(47)32-19-27(56-37(50)44-21-24-8-6-11-31(40)30(24)23-44)22-46(32)35(48)33(38(2,3)4)41-26-9-7-10-29(18-26)58(53,54)45-14-16-55-17-15-45/h6-9,11,18,25,27-29,32-33,41H,5,10,12-17,19-23H2,1-4H3,(H,42,47)(H,43,49)/t25-,27-,29?,32+,33-,39?/m1/s1. The van der Waals surface area contributed by atoms with Crippen molar-refractivity contribution in [2.45, 2.75) is 114 Å². The molecular formula is C39H53ClN6O10S2. The minimum absolute atomic E-state index is 0.0843. The van der Waals surface area contributed by atoms with E-state index in [2.05, 4.69) is 15.4 Å². The van der Waals surface area contributed by atoms with Crippen LogP contribution in [0.5, 0.6) is 0 Å². The predicted octanol–water partition coefficient (Wildman–Crippen LogP) is 2.53. The zero-order valence-electron chi connectivity index (χ0n) is 33.2. The third-order valence-corrected chi connectivity index (χ3v) is 16.4. The summed E-state index contributed by atoms with van der Waals surface area (Å²) in [4.78, 5) is 59.3. The molecule has 1 aromatic carbocycles. The lowest BCUT2D eigenvalue weighted by Crippen LogP contribution is -2.59. The Labute approximate surface area is 345 Å². The first-order valence-corrected chi connectivity index (χ1v) is 23.4. The second-order valence-electron chi connectivity index (χ2n) is 17.2. The molecule has 3 N–H and O–H groups in total.